The molecule has 0 saturated heterocycles. The molecule has 0 heterocycles. The second-order valence-electron chi connectivity index (χ2n) is 3.97. The Kier molecular flexibility index (Phi) is 7.29. The number of nitrogens with one attached hydrogen (secondary N) is 1. The van der Waals surface area contributed by atoms with E-state index in [-0.39, 0.29) is 0 Å². The summed E-state index contributed by atoms with van der Waals surface area (Å²) < 4.78 is 5.38. The van der Waals surface area contributed by atoms with Crippen LogP contribution >= 0.6 is 0 Å². The largest absolute Gasteiger partial charge is 0.382 e. The van der Waals surface area contributed by atoms with Crippen LogP contribution in [-0.2, 0) is 4.74 Å². The summed E-state index contributed by atoms with van der Waals surface area (Å²) in [6, 6.07) is 0.584. The van der Waals surface area contributed by atoms with Crippen molar-refractivity contribution < 1.29 is 4.74 Å². The minimum atomic E-state index is 0.584. The number of hydrogen-bond acceptors (Lipinski definition) is 2. The van der Waals surface area contributed by atoms with Crippen molar-refractivity contribution in [1.29, 1.82) is 0 Å². The third-order valence-electron chi connectivity index (χ3n) is 2.75. The van der Waals surface area contributed by atoms with E-state index in [9.17, 15) is 0 Å². The van der Waals surface area contributed by atoms with Crippen LogP contribution in [-0.4, -0.2) is 26.3 Å². The molecule has 80 valence electrons. The lowest BCUT2D eigenvalue weighted by Crippen LogP contribution is -2.34. The molecule has 0 bridgehead atoms. The molecule has 13 heavy (non-hydrogen) atoms. The van der Waals surface area contributed by atoms with Crippen molar-refractivity contribution in [2.45, 2.75) is 40.2 Å². The molecule has 2 nitrogen and oxygen atoms in total. The lowest BCUT2D eigenvalue weighted by atomic mass is 9.87. The number of hydrogen-bond donors (Lipinski definition) is 1. The molecule has 0 aromatic heterocycles. The standard InChI is InChI=1S/C11H25NO/c1-6-13-8-7-11(9(2)3)10(4)12-5/h9-12H,6-8H2,1-5H3. The molecule has 0 aliphatic rings. The highest BCUT2D eigenvalue weighted by Crippen LogP contribution is 2.19. The van der Waals surface area contributed by atoms with Crippen LogP contribution in [0.2, 0.25) is 0 Å². The minimum Gasteiger partial charge on any atom is -0.382 e. The zero-order valence-corrected chi connectivity index (χ0v) is 9.76. The van der Waals surface area contributed by atoms with E-state index in [4.69, 9.17) is 4.74 Å². The third-order valence-corrected chi connectivity index (χ3v) is 2.75. The van der Waals surface area contributed by atoms with E-state index in [1.807, 2.05) is 14.0 Å². The van der Waals surface area contributed by atoms with Gasteiger partial charge in [-0.1, -0.05) is 13.8 Å². The van der Waals surface area contributed by atoms with Gasteiger partial charge in [-0.05, 0) is 39.2 Å². The fourth-order valence-electron chi connectivity index (χ4n) is 1.74. The molecule has 0 radical (unpaired) electrons. The zero-order valence-electron chi connectivity index (χ0n) is 9.76. The average molecular weight is 187 g/mol. The van der Waals surface area contributed by atoms with E-state index in [1.54, 1.807) is 0 Å². The highest BCUT2D eigenvalue weighted by atomic mass is 16.5. The van der Waals surface area contributed by atoms with Gasteiger partial charge in [-0.2, -0.15) is 0 Å². The van der Waals surface area contributed by atoms with Crippen LogP contribution in [0, 0.1) is 11.8 Å². The number of rotatable bonds is 7. The fourth-order valence-corrected chi connectivity index (χ4v) is 1.74. The molecule has 0 aromatic rings. The summed E-state index contributed by atoms with van der Waals surface area (Å²) in [5.41, 5.74) is 0. The number of ether oxygens (including phenoxy) is 1. The predicted octanol–water partition coefficient (Wildman–Crippen LogP) is 2.29. The molecule has 0 aromatic carbocycles. The Hall–Kier alpha value is -0.0800. The Morgan fingerprint density at radius 2 is 1.85 bits per heavy atom. The molecule has 2 unspecified atom stereocenters. The van der Waals surface area contributed by atoms with Gasteiger partial charge in [0.1, 0.15) is 0 Å². The van der Waals surface area contributed by atoms with E-state index in [1.165, 1.54) is 0 Å². The van der Waals surface area contributed by atoms with E-state index in [0.29, 0.717) is 6.04 Å². The monoisotopic (exact) mass is 187 g/mol. The molecule has 2 heteroatoms. The van der Waals surface area contributed by atoms with Crippen molar-refractivity contribution in [2.24, 2.45) is 11.8 Å². The Balaban J connectivity index is 3.80. The van der Waals surface area contributed by atoms with Gasteiger partial charge in [0.15, 0.2) is 0 Å². The second kappa shape index (κ2) is 7.34. The highest BCUT2D eigenvalue weighted by Gasteiger charge is 2.18. The fraction of sp³-hybridized carbons (Fsp3) is 1.00. The molecule has 0 saturated carbocycles. The van der Waals surface area contributed by atoms with Crippen LogP contribution in [0.4, 0.5) is 0 Å². The summed E-state index contributed by atoms with van der Waals surface area (Å²) in [4.78, 5) is 0. The van der Waals surface area contributed by atoms with Crippen LogP contribution in [0.5, 0.6) is 0 Å². The first-order valence-corrected chi connectivity index (χ1v) is 5.38. The Morgan fingerprint density at radius 1 is 1.23 bits per heavy atom. The average Bonchev–Trinajstić information content (AvgIpc) is 2.11. The molecule has 0 aliphatic carbocycles. The molecule has 0 rings (SSSR count). The van der Waals surface area contributed by atoms with E-state index in [2.05, 4.69) is 26.1 Å². The summed E-state index contributed by atoms with van der Waals surface area (Å²) in [6.45, 7) is 10.6. The summed E-state index contributed by atoms with van der Waals surface area (Å²) >= 11 is 0. The summed E-state index contributed by atoms with van der Waals surface area (Å²) in [5.74, 6) is 1.44. The molecule has 0 fully saturated rings. The van der Waals surface area contributed by atoms with Gasteiger partial charge < -0.3 is 10.1 Å². The van der Waals surface area contributed by atoms with Gasteiger partial charge in [0.25, 0.3) is 0 Å². The van der Waals surface area contributed by atoms with Gasteiger partial charge in [0.2, 0.25) is 0 Å². The van der Waals surface area contributed by atoms with E-state index < -0.39 is 0 Å². The Labute approximate surface area is 83.1 Å². The molecule has 0 amide bonds. The first-order valence-electron chi connectivity index (χ1n) is 5.38. The molecule has 1 N–H and O–H groups in total. The van der Waals surface area contributed by atoms with Gasteiger partial charge in [0.05, 0.1) is 0 Å². The van der Waals surface area contributed by atoms with Gasteiger partial charge in [0, 0.05) is 19.3 Å². The lowest BCUT2D eigenvalue weighted by molar-refractivity contribution is 0.116. The predicted molar refractivity (Wildman–Crippen MR) is 58.0 cm³/mol. The van der Waals surface area contributed by atoms with Gasteiger partial charge in [-0.3, -0.25) is 0 Å². The second-order valence-corrected chi connectivity index (χ2v) is 3.97. The molecule has 2 atom stereocenters. The smallest absolute Gasteiger partial charge is 0.0469 e. The Morgan fingerprint density at radius 3 is 2.23 bits per heavy atom. The molecule has 0 spiro atoms. The minimum absolute atomic E-state index is 0.584. The third kappa shape index (κ3) is 5.27. The van der Waals surface area contributed by atoms with Crippen molar-refractivity contribution in [2.75, 3.05) is 20.3 Å². The lowest BCUT2D eigenvalue weighted by Gasteiger charge is -2.27. The molecular formula is C11H25NO. The maximum Gasteiger partial charge on any atom is 0.0469 e. The van der Waals surface area contributed by atoms with Crippen molar-refractivity contribution in [1.82, 2.24) is 5.32 Å². The van der Waals surface area contributed by atoms with E-state index >= 15 is 0 Å². The maximum atomic E-state index is 5.38. The molecular weight excluding hydrogens is 162 g/mol. The van der Waals surface area contributed by atoms with Crippen molar-refractivity contribution in [3.63, 3.8) is 0 Å². The van der Waals surface area contributed by atoms with Crippen molar-refractivity contribution >= 4 is 0 Å². The van der Waals surface area contributed by atoms with Gasteiger partial charge >= 0.3 is 0 Å². The normalized spacial score (nSPS) is 16.2. The van der Waals surface area contributed by atoms with Crippen LogP contribution in [0.3, 0.4) is 0 Å². The van der Waals surface area contributed by atoms with Gasteiger partial charge in [-0.25, -0.2) is 0 Å². The van der Waals surface area contributed by atoms with Crippen LogP contribution in [0.25, 0.3) is 0 Å². The van der Waals surface area contributed by atoms with Crippen LogP contribution < -0.4 is 5.32 Å². The first-order chi connectivity index (χ1) is 6.13. The molecule has 0 aliphatic heterocycles. The van der Waals surface area contributed by atoms with Crippen LogP contribution in [0.1, 0.15) is 34.1 Å². The van der Waals surface area contributed by atoms with Gasteiger partial charge in [-0.15, -0.1) is 0 Å². The summed E-state index contributed by atoms with van der Waals surface area (Å²) in [6.07, 6.45) is 1.16. The topological polar surface area (TPSA) is 21.3 Å². The highest BCUT2D eigenvalue weighted by molar-refractivity contribution is 4.73. The first kappa shape index (κ1) is 12.9. The zero-order chi connectivity index (χ0) is 10.3. The quantitative estimate of drug-likeness (QED) is 0.617. The van der Waals surface area contributed by atoms with Crippen molar-refractivity contribution in [3.8, 4) is 0 Å². The van der Waals surface area contributed by atoms with E-state index in [0.717, 1.165) is 31.5 Å². The SMILES string of the molecule is CCOCCC(C(C)C)C(C)NC. The van der Waals surface area contributed by atoms with Crippen molar-refractivity contribution in [3.05, 3.63) is 0 Å². The summed E-state index contributed by atoms with van der Waals surface area (Å²) in [7, 11) is 2.03. The maximum absolute atomic E-state index is 5.38. The Bertz CT molecular complexity index is 115. The summed E-state index contributed by atoms with van der Waals surface area (Å²) in [5, 5.41) is 3.32. The van der Waals surface area contributed by atoms with Crippen LogP contribution in [0.15, 0.2) is 0 Å².